The van der Waals surface area contributed by atoms with Crippen molar-refractivity contribution < 1.29 is 27.4 Å². The standard InChI is InChI=1S/C15H19F3N2O3/c1-8-12-9(5-6-11(20-12)15(16,17)18)10(7-22-8)19-13(21)23-14(2,3)4/h5-6,8,10H,7H2,1-4H3,(H,19,21)/t8-,10?/m0/s1. The smallest absolute Gasteiger partial charge is 0.433 e. The van der Waals surface area contributed by atoms with Crippen molar-refractivity contribution in [2.24, 2.45) is 0 Å². The van der Waals surface area contributed by atoms with Gasteiger partial charge in [0.2, 0.25) is 0 Å². The summed E-state index contributed by atoms with van der Waals surface area (Å²) >= 11 is 0. The van der Waals surface area contributed by atoms with Gasteiger partial charge in [-0.3, -0.25) is 0 Å². The Morgan fingerprint density at radius 1 is 1.35 bits per heavy atom. The van der Waals surface area contributed by atoms with Gasteiger partial charge in [0, 0.05) is 5.56 Å². The van der Waals surface area contributed by atoms with Crippen LogP contribution in [0.1, 0.15) is 56.8 Å². The maximum absolute atomic E-state index is 12.8. The monoisotopic (exact) mass is 332 g/mol. The SMILES string of the molecule is C[C@@H]1OCC(NC(=O)OC(C)(C)C)c2ccc(C(F)(F)F)nc21. The summed E-state index contributed by atoms with van der Waals surface area (Å²) in [5.74, 6) is 0. The number of amides is 1. The van der Waals surface area contributed by atoms with Crippen LogP contribution in [0.4, 0.5) is 18.0 Å². The molecule has 1 amide bonds. The molecule has 0 aromatic carbocycles. The third kappa shape index (κ3) is 4.34. The van der Waals surface area contributed by atoms with Crippen molar-refractivity contribution in [1.29, 1.82) is 0 Å². The summed E-state index contributed by atoms with van der Waals surface area (Å²) < 4.78 is 48.9. The van der Waals surface area contributed by atoms with E-state index in [1.54, 1.807) is 27.7 Å². The molecule has 2 rings (SSSR count). The van der Waals surface area contributed by atoms with Crippen molar-refractivity contribution in [3.63, 3.8) is 0 Å². The number of alkyl halides is 3. The molecule has 0 fully saturated rings. The van der Waals surface area contributed by atoms with E-state index in [1.807, 2.05) is 0 Å². The Kier molecular flexibility index (Phi) is 4.57. The highest BCUT2D eigenvalue weighted by atomic mass is 19.4. The number of hydrogen-bond acceptors (Lipinski definition) is 4. The number of rotatable bonds is 1. The highest BCUT2D eigenvalue weighted by molar-refractivity contribution is 5.68. The molecule has 0 bridgehead atoms. The molecule has 0 aliphatic carbocycles. The first-order chi connectivity index (χ1) is 10.5. The van der Waals surface area contributed by atoms with Gasteiger partial charge >= 0.3 is 12.3 Å². The average Bonchev–Trinajstić information content (AvgIpc) is 2.38. The van der Waals surface area contributed by atoms with Gasteiger partial charge in [-0.1, -0.05) is 6.07 Å². The number of alkyl carbamates (subject to hydrolysis) is 1. The predicted molar refractivity (Wildman–Crippen MR) is 75.7 cm³/mol. The third-order valence-electron chi connectivity index (χ3n) is 3.21. The van der Waals surface area contributed by atoms with Gasteiger partial charge in [0.05, 0.1) is 24.4 Å². The summed E-state index contributed by atoms with van der Waals surface area (Å²) in [4.78, 5) is 15.5. The second kappa shape index (κ2) is 5.99. The Morgan fingerprint density at radius 3 is 2.57 bits per heavy atom. The number of fused-ring (bicyclic) bond motifs is 1. The highest BCUT2D eigenvalue weighted by Gasteiger charge is 2.36. The summed E-state index contributed by atoms with van der Waals surface area (Å²) in [7, 11) is 0. The van der Waals surface area contributed by atoms with Crippen molar-refractivity contribution in [3.05, 3.63) is 29.1 Å². The number of carbonyl (C=O) groups is 1. The highest BCUT2D eigenvalue weighted by Crippen LogP contribution is 2.35. The van der Waals surface area contributed by atoms with Crippen LogP contribution in [0.25, 0.3) is 0 Å². The van der Waals surface area contributed by atoms with E-state index >= 15 is 0 Å². The fourth-order valence-corrected chi connectivity index (χ4v) is 2.24. The lowest BCUT2D eigenvalue weighted by Gasteiger charge is -2.31. The molecule has 1 aromatic rings. The zero-order valence-electron chi connectivity index (χ0n) is 13.3. The number of hydrogen-bond donors (Lipinski definition) is 1. The molecular weight excluding hydrogens is 313 g/mol. The molecule has 0 saturated carbocycles. The van der Waals surface area contributed by atoms with Gasteiger partial charge in [-0.05, 0) is 33.8 Å². The van der Waals surface area contributed by atoms with Crippen LogP contribution >= 0.6 is 0 Å². The second-order valence-electron chi connectivity index (χ2n) is 6.34. The van der Waals surface area contributed by atoms with Crippen molar-refractivity contribution in [2.45, 2.75) is 51.6 Å². The summed E-state index contributed by atoms with van der Waals surface area (Å²) in [5.41, 5.74) is -0.979. The van der Waals surface area contributed by atoms with E-state index in [9.17, 15) is 18.0 Å². The average molecular weight is 332 g/mol. The fourth-order valence-electron chi connectivity index (χ4n) is 2.24. The molecule has 8 heteroatoms. The first-order valence-corrected chi connectivity index (χ1v) is 7.16. The molecule has 0 saturated heterocycles. The van der Waals surface area contributed by atoms with Gasteiger partial charge in [-0.25, -0.2) is 9.78 Å². The largest absolute Gasteiger partial charge is 0.444 e. The normalized spacial score (nSPS) is 21.5. The van der Waals surface area contributed by atoms with Crippen LogP contribution in [0, 0.1) is 0 Å². The Hall–Kier alpha value is -1.83. The van der Waals surface area contributed by atoms with Crippen molar-refractivity contribution >= 4 is 6.09 Å². The van der Waals surface area contributed by atoms with E-state index in [1.165, 1.54) is 6.07 Å². The number of halogens is 3. The molecule has 0 radical (unpaired) electrons. The fraction of sp³-hybridized carbons (Fsp3) is 0.600. The minimum atomic E-state index is -4.53. The van der Waals surface area contributed by atoms with Gasteiger partial charge in [0.15, 0.2) is 0 Å². The molecule has 2 heterocycles. The molecule has 5 nitrogen and oxygen atoms in total. The Labute approximate surface area is 132 Å². The number of carbonyl (C=O) groups excluding carboxylic acids is 1. The summed E-state index contributed by atoms with van der Waals surface area (Å²) in [5, 5.41) is 2.60. The van der Waals surface area contributed by atoms with E-state index < -0.39 is 35.7 Å². The Balaban J connectivity index is 2.24. The second-order valence-corrected chi connectivity index (χ2v) is 6.34. The first-order valence-electron chi connectivity index (χ1n) is 7.16. The number of nitrogens with one attached hydrogen (secondary N) is 1. The maximum Gasteiger partial charge on any atom is 0.433 e. The van der Waals surface area contributed by atoms with E-state index in [4.69, 9.17) is 9.47 Å². The molecule has 2 atom stereocenters. The van der Waals surface area contributed by atoms with Crippen LogP contribution in [0.15, 0.2) is 12.1 Å². The zero-order chi connectivity index (χ0) is 17.4. The third-order valence-corrected chi connectivity index (χ3v) is 3.21. The maximum atomic E-state index is 12.8. The van der Waals surface area contributed by atoms with Crippen molar-refractivity contribution in [1.82, 2.24) is 10.3 Å². The minimum Gasteiger partial charge on any atom is -0.444 e. The van der Waals surface area contributed by atoms with Crippen LogP contribution in [0.2, 0.25) is 0 Å². The van der Waals surface area contributed by atoms with Gasteiger partial charge in [0.25, 0.3) is 0 Å². The van der Waals surface area contributed by atoms with Crippen LogP contribution in [-0.4, -0.2) is 23.3 Å². The summed E-state index contributed by atoms with van der Waals surface area (Å²) in [6.45, 7) is 6.92. The van der Waals surface area contributed by atoms with Crippen molar-refractivity contribution in [2.75, 3.05) is 6.61 Å². The lowest BCUT2D eigenvalue weighted by atomic mass is 9.99. The van der Waals surface area contributed by atoms with Gasteiger partial charge in [-0.15, -0.1) is 0 Å². The Morgan fingerprint density at radius 2 is 2.00 bits per heavy atom. The number of nitrogens with zero attached hydrogens (tertiary/aromatic N) is 1. The van der Waals surface area contributed by atoms with Crippen LogP contribution in [-0.2, 0) is 15.7 Å². The molecule has 23 heavy (non-hydrogen) atoms. The first kappa shape index (κ1) is 17.5. The lowest BCUT2D eigenvalue weighted by molar-refractivity contribution is -0.141. The molecule has 0 spiro atoms. The zero-order valence-corrected chi connectivity index (χ0v) is 13.3. The van der Waals surface area contributed by atoms with E-state index in [2.05, 4.69) is 10.3 Å². The molecule has 128 valence electrons. The van der Waals surface area contributed by atoms with Gasteiger partial charge < -0.3 is 14.8 Å². The quantitative estimate of drug-likeness (QED) is 0.851. The molecular formula is C15H19F3N2O3. The predicted octanol–water partition coefficient (Wildman–Crippen LogP) is 3.76. The van der Waals surface area contributed by atoms with E-state index in [0.29, 0.717) is 5.56 Å². The molecule has 1 unspecified atom stereocenters. The molecule has 1 aliphatic heterocycles. The lowest BCUT2D eigenvalue weighted by Crippen LogP contribution is -2.39. The van der Waals surface area contributed by atoms with Gasteiger partial charge in [-0.2, -0.15) is 13.2 Å². The van der Waals surface area contributed by atoms with Gasteiger partial charge in [0.1, 0.15) is 11.3 Å². The van der Waals surface area contributed by atoms with Crippen LogP contribution < -0.4 is 5.32 Å². The number of ether oxygens (including phenoxy) is 2. The van der Waals surface area contributed by atoms with E-state index in [0.717, 1.165) is 6.07 Å². The summed E-state index contributed by atoms with van der Waals surface area (Å²) in [6.07, 6.45) is -5.77. The topological polar surface area (TPSA) is 60.5 Å². The molecule has 1 aromatic heterocycles. The van der Waals surface area contributed by atoms with Crippen LogP contribution in [0.5, 0.6) is 0 Å². The molecule has 1 aliphatic rings. The Bertz CT molecular complexity index is 597. The minimum absolute atomic E-state index is 0.139. The molecule has 1 N–H and O–H groups in total. The number of aromatic nitrogens is 1. The van der Waals surface area contributed by atoms with E-state index in [-0.39, 0.29) is 12.3 Å². The van der Waals surface area contributed by atoms with Crippen LogP contribution in [0.3, 0.4) is 0 Å². The van der Waals surface area contributed by atoms with Crippen molar-refractivity contribution in [3.8, 4) is 0 Å². The number of pyridine rings is 1. The summed E-state index contributed by atoms with van der Waals surface area (Å²) in [6, 6.07) is 1.62.